The Morgan fingerprint density at radius 3 is 1.11 bits per heavy atom. The van der Waals surface area contributed by atoms with Crippen molar-refractivity contribution in [1.82, 2.24) is 19.9 Å². The molecule has 3 radical (unpaired) electrons. The summed E-state index contributed by atoms with van der Waals surface area (Å²) in [5.74, 6) is 2.39. The number of nitrogens with two attached hydrogens (primary N) is 2. The van der Waals surface area contributed by atoms with Crippen LogP contribution in [0.25, 0.3) is 0 Å². The van der Waals surface area contributed by atoms with Crippen molar-refractivity contribution in [2.24, 2.45) is 0 Å². The second-order valence-electron chi connectivity index (χ2n) is 23.9. The van der Waals surface area contributed by atoms with E-state index in [1.54, 1.807) is 125 Å². The Bertz CT molecular complexity index is 4850. The Morgan fingerprint density at radius 2 is 0.786 bits per heavy atom. The number of carbonyl (C=O) groups is 4. The molecule has 707 valence electrons. The van der Waals surface area contributed by atoms with Crippen molar-refractivity contribution in [3.63, 3.8) is 0 Å². The van der Waals surface area contributed by atoms with Gasteiger partial charge in [0.2, 0.25) is 17.5 Å². The molecule has 46 heteroatoms. The summed E-state index contributed by atoms with van der Waals surface area (Å²) in [5.41, 5.74) is 12.9. The number of hydrogen-bond acceptors (Lipinski definition) is 29. The number of halogens is 7. The van der Waals surface area contributed by atoms with Gasteiger partial charge in [0.05, 0.1) is 72.4 Å². The van der Waals surface area contributed by atoms with Crippen LogP contribution in [-0.2, 0) is 49.2 Å². The summed E-state index contributed by atoms with van der Waals surface area (Å²) in [7, 11) is 0. The summed E-state index contributed by atoms with van der Waals surface area (Å²) in [6, 6.07) is 34.1. The molecule has 6 N–H and O–H groups in total. The molecule has 1 fully saturated rings. The quantitative estimate of drug-likeness (QED) is 0.00419. The number of alkyl halides is 1. The van der Waals surface area contributed by atoms with Gasteiger partial charge in [0.15, 0.2) is 9.21 Å². The number of nitrogen functional groups attached to an aromatic ring is 2. The van der Waals surface area contributed by atoms with Crippen LogP contribution in [0.5, 0.6) is 28.9 Å². The first-order valence-corrected chi connectivity index (χ1v) is 41.6. The van der Waals surface area contributed by atoms with E-state index in [-0.39, 0.29) is 210 Å². The Hall–Kier alpha value is -10.4. The van der Waals surface area contributed by atoms with Crippen LogP contribution in [-0.4, -0.2) is 157 Å². The fraction of sp³-hybridized carbons (Fsp3) is 0.294. The third-order valence-electron chi connectivity index (χ3n) is 14.9. The predicted octanol–water partition coefficient (Wildman–Crippen LogP) is 16.0. The molecule has 0 unspecified atom stereocenters. The maximum atomic E-state index is 12.7. The van der Waals surface area contributed by atoms with Crippen LogP contribution < -0.4 is 109 Å². The van der Waals surface area contributed by atoms with Crippen LogP contribution in [0.3, 0.4) is 0 Å². The molecule has 4 amide bonds. The fourth-order valence-corrected chi connectivity index (χ4v) is 12.8. The summed E-state index contributed by atoms with van der Waals surface area (Å²) in [5, 5.41) is 55.6. The second-order valence-corrected chi connectivity index (χ2v) is 28.1. The van der Waals surface area contributed by atoms with Gasteiger partial charge in [0, 0.05) is 53.2 Å². The van der Waals surface area contributed by atoms with E-state index in [9.17, 15) is 59.6 Å². The third-order valence-corrected chi connectivity index (χ3v) is 17.5. The molecule has 8 aromatic rings. The summed E-state index contributed by atoms with van der Waals surface area (Å²) in [6.07, 6.45) is 9.00. The monoisotopic (exact) mass is 2280 g/mol. The molecule has 4 aromatic heterocycles. The Labute approximate surface area is 850 Å². The first-order valence-electron chi connectivity index (χ1n) is 37.1. The van der Waals surface area contributed by atoms with Crippen molar-refractivity contribution < 1.29 is 146 Å². The number of aromatic nitrogens is 4. The van der Waals surface area contributed by atoms with Crippen LogP contribution in [0.1, 0.15) is 86.5 Å². The number of pyridine rings is 4. The van der Waals surface area contributed by atoms with E-state index in [0.717, 1.165) is 34.3 Å². The van der Waals surface area contributed by atoms with Gasteiger partial charge in [0.1, 0.15) is 92.6 Å². The zero-order chi connectivity index (χ0) is 92.9. The second kappa shape index (κ2) is 71.3. The maximum absolute atomic E-state index is 12.7. The molecule has 37 nitrogen and oxygen atoms in total. The normalized spacial score (nSPS) is 10.0. The van der Waals surface area contributed by atoms with E-state index in [0.29, 0.717) is 75.5 Å². The molecular weight excluding hydrogens is 2180 g/mol. The van der Waals surface area contributed by atoms with Gasteiger partial charge in [-0.25, -0.2) is 34.1 Å². The smallest absolute Gasteiger partial charge is 1.00 e. The first-order chi connectivity index (χ1) is 59.9. The summed E-state index contributed by atoms with van der Waals surface area (Å²) in [4.78, 5) is 111. The molecule has 0 spiro atoms. The molecule has 1 saturated heterocycles. The Kier molecular flexibility index (Phi) is 69.1. The van der Waals surface area contributed by atoms with Crippen molar-refractivity contribution >= 4 is 181 Å². The van der Waals surface area contributed by atoms with Gasteiger partial charge < -0.3 is 87.9 Å². The number of benzene rings is 4. The molecule has 1 aliphatic rings. The average Bonchev–Trinajstić information content (AvgIpc) is 0.848. The summed E-state index contributed by atoms with van der Waals surface area (Å²) < 4.78 is 53.1. The van der Waals surface area contributed by atoms with Gasteiger partial charge in [0.25, 0.3) is 0 Å². The number of aliphatic hydroxyl groups is 1. The number of rotatable bonds is 35. The molecule has 131 heavy (non-hydrogen) atoms. The summed E-state index contributed by atoms with van der Waals surface area (Å²) >= 11 is 21.1. The number of carbonyl (C=O) groups excluding carboxylic acids is 4. The Morgan fingerprint density at radius 1 is 0.481 bits per heavy atom. The van der Waals surface area contributed by atoms with Crippen molar-refractivity contribution in [1.29, 1.82) is 0 Å². The average molecular weight is 2290 g/mol. The number of anilines is 6. The minimum atomic E-state index is -0.789. The molecule has 0 saturated carbocycles. The minimum absolute atomic E-state index is 0. The third kappa shape index (κ3) is 46.0. The van der Waals surface area contributed by atoms with Crippen LogP contribution in [0.4, 0.5) is 76.3 Å². The largest absolute Gasteiger partial charge is 1.00 e. The molecule has 5 heterocycles. The number of ether oxygens (including phenoxy) is 10. The fourth-order valence-electron chi connectivity index (χ4n) is 9.85. The van der Waals surface area contributed by atoms with E-state index in [4.69, 9.17) is 70.8 Å². The number of hydrogen-bond donors (Lipinski definition) is 4. The van der Waals surface area contributed by atoms with E-state index in [1.165, 1.54) is 54.2 Å². The molecule has 1 aliphatic heterocycles. The molecule has 9 rings (SSSR count). The molecule has 0 atom stereocenters. The van der Waals surface area contributed by atoms with Gasteiger partial charge in [-0.15, -0.1) is 18.2 Å². The van der Waals surface area contributed by atoms with Crippen LogP contribution >= 0.6 is 91.3 Å². The number of nitrogens with one attached hydrogen (secondary N) is 1. The van der Waals surface area contributed by atoms with Crippen molar-refractivity contribution in [3.05, 3.63) is 283 Å². The number of amides is 4. The zero-order valence-corrected chi connectivity index (χ0v) is 83.1. The first kappa shape index (κ1) is 127. The van der Waals surface area contributed by atoms with E-state index >= 15 is 0 Å². The topological polar surface area (TPSA) is 479 Å². The molecule has 4 aromatic carbocycles. The van der Waals surface area contributed by atoms with Crippen molar-refractivity contribution in [2.45, 2.75) is 88.3 Å². The van der Waals surface area contributed by atoms with Crippen LogP contribution in [0, 0.1) is 40.5 Å². The summed E-state index contributed by atoms with van der Waals surface area (Å²) in [6.45, 7) is 31.9. The van der Waals surface area contributed by atoms with Gasteiger partial charge in [-0.3, -0.25) is 60.5 Å². The number of aliphatic hydroxyl groups excluding tert-OH is 1. The van der Waals surface area contributed by atoms with Crippen LogP contribution in [0.15, 0.2) is 220 Å². The van der Waals surface area contributed by atoms with Crippen molar-refractivity contribution in [3.8, 4) is 28.9 Å². The van der Waals surface area contributed by atoms with Crippen LogP contribution in [0.2, 0.25) is 0 Å². The van der Waals surface area contributed by atoms with E-state index < -0.39 is 55.4 Å². The molecule has 0 aliphatic carbocycles. The maximum Gasteiger partial charge on any atom is 1.00 e. The molecule has 0 bridgehead atoms. The van der Waals surface area contributed by atoms with Gasteiger partial charge in [-0.1, -0.05) is 140 Å². The number of nitrogens with zero attached hydrogens (tertiary/aromatic N) is 11. The minimum Gasteiger partial charge on any atom is -1.00 e. The SMILES string of the molecule is C.C.C.C1CCOC1.C=CCO.C=CCOc1cccc(CCl)c1.C=CCOc1cccc(CN(C(=O)OCC)c2cc(Br)nc(Br)c2[N+](=O)[O-])c1.C=CCOc1cccc(CN(C(=O)OCC)c2cc(Br)nc(N)c2[N+](=O)[O-])c1.C=CCOc1cccc(CN(C(=O)OCC)c2cc(OCC=C)nc(N)c2[N+](=O)[O-])c1.CCOC(=O)Nc1cc(Br)nc(Br)c1[N+](=O)[O-].[2HH].[B].[I-].[Na+]. The standard InChI is InChI=1S/C21H24N4O6.C18H17Br2N3O5.C18H19BrN4O5.C10H11ClO.C8H7Br2N3O4.C4H8O.C3H6O.3CH4.B.HI.Na.H2/c1-4-10-30-16-9-7-8-15(12-16)14-24(21(26)29-6-3)17-13-18(31-11-5-2)23-20(22)19(17)25(27)28;2*1-3-8-28-13-7-5-6-12(9-13)11-22(18(24)27-4-2)14-10-15(19)21-17(20)16(14)23(25)26;1-2-6-12-10-5-3-4-9(7-10)8-11;1-2-17-8(14)11-4-3-5(9)12-7(10)6(4)13(15)16;1-2-4-5-3-1;1-2-3-4;;;;;;;/h4-5,7-9,12-13H,1-2,6,10-11,14H2,3H3,(H2,22,23);3,5-7,9-10H,1,4,8,11H2,2H3;3,5-7,9-10H,1,4,8,11H2,2H3,(H2,20,21);2-5,7H,1,6,8H2;3H,2H2,1H3,(H,11,12,14);1-4H2;2,4H,1,3H2;3*1H4;;1H;;1H/q;;;;;;;;;;;;+1;/p-1/i;;;;;;;;;;;;;1+1. The zero-order valence-electron chi connectivity index (χ0n) is 70.2. The van der Waals surface area contributed by atoms with E-state index in [2.05, 4.69) is 149 Å². The molecular formula is C85H106BBr5ClIN14NaO23. The van der Waals surface area contributed by atoms with Gasteiger partial charge >= 0.3 is 76.7 Å². The van der Waals surface area contributed by atoms with Gasteiger partial charge in [-0.05, 0) is 191 Å². The Balaban J connectivity index is -0.000000502. The van der Waals surface area contributed by atoms with Gasteiger partial charge in [-0.2, -0.15) is 4.98 Å². The predicted molar refractivity (Wildman–Crippen MR) is 520 cm³/mol. The van der Waals surface area contributed by atoms with Crippen molar-refractivity contribution in [2.75, 3.05) is 111 Å². The van der Waals surface area contributed by atoms with E-state index in [1.807, 2.05) is 24.3 Å². The number of nitro groups is 4.